The van der Waals surface area contributed by atoms with E-state index in [0.717, 1.165) is 5.69 Å². The van der Waals surface area contributed by atoms with Crippen LogP contribution >= 0.6 is 0 Å². The fourth-order valence-corrected chi connectivity index (χ4v) is 2.14. The third kappa shape index (κ3) is 5.36. The molecule has 0 unspecified atom stereocenters. The highest BCUT2D eigenvalue weighted by molar-refractivity contribution is 5.92. The Morgan fingerprint density at radius 2 is 1.91 bits per heavy atom. The van der Waals surface area contributed by atoms with Crippen molar-refractivity contribution in [3.8, 4) is 0 Å². The van der Waals surface area contributed by atoms with Gasteiger partial charge in [0, 0.05) is 12.1 Å². The Morgan fingerprint density at radius 1 is 1.17 bits per heavy atom. The summed E-state index contributed by atoms with van der Waals surface area (Å²) < 4.78 is 13.5. The fraction of sp³-hybridized carbons (Fsp3) is 0.333. The van der Waals surface area contributed by atoms with Crippen molar-refractivity contribution in [2.75, 3.05) is 11.9 Å². The van der Waals surface area contributed by atoms with Crippen LogP contribution in [-0.4, -0.2) is 23.0 Å². The van der Waals surface area contributed by atoms with E-state index in [9.17, 15) is 9.18 Å². The summed E-state index contributed by atoms with van der Waals surface area (Å²) in [6, 6.07) is 10.1. The molecule has 2 N–H and O–H groups in total. The molecule has 23 heavy (non-hydrogen) atoms. The summed E-state index contributed by atoms with van der Waals surface area (Å²) in [5.74, 6) is -0.513. The molecule has 0 aliphatic rings. The molecule has 0 fully saturated rings. The van der Waals surface area contributed by atoms with Crippen LogP contribution in [-0.2, 0) is 6.42 Å². The van der Waals surface area contributed by atoms with Gasteiger partial charge in [-0.1, -0.05) is 18.2 Å². The van der Waals surface area contributed by atoms with E-state index in [2.05, 4.69) is 36.4 Å². The van der Waals surface area contributed by atoms with Crippen molar-refractivity contribution >= 4 is 11.6 Å². The second-order valence-electron chi connectivity index (χ2n) is 6.40. The Labute approximate surface area is 136 Å². The van der Waals surface area contributed by atoms with Gasteiger partial charge in [-0.25, -0.2) is 9.37 Å². The van der Waals surface area contributed by atoms with E-state index in [1.54, 1.807) is 30.5 Å². The van der Waals surface area contributed by atoms with Gasteiger partial charge in [0.25, 0.3) is 5.91 Å². The summed E-state index contributed by atoms with van der Waals surface area (Å²) >= 11 is 0. The number of nitrogens with zero attached hydrogens (tertiary/aromatic N) is 1. The third-order valence-electron chi connectivity index (χ3n) is 3.15. The first-order valence-corrected chi connectivity index (χ1v) is 7.61. The Bertz CT molecular complexity index is 663. The second-order valence-corrected chi connectivity index (χ2v) is 6.40. The van der Waals surface area contributed by atoms with Gasteiger partial charge in [0.15, 0.2) is 0 Å². The summed E-state index contributed by atoms with van der Waals surface area (Å²) in [5, 5.41) is 6.04. The maximum Gasteiger partial charge on any atom is 0.269 e. The first-order chi connectivity index (χ1) is 10.8. The zero-order valence-electron chi connectivity index (χ0n) is 13.7. The number of pyridine rings is 1. The minimum atomic E-state index is -0.261. The van der Waals surface area contributed by atoms with Crippen LogP contribution in [0.3, 0.4) is 0 Å². The summed E-state index contributed by atoms with van der Waals surface area (Å²) in [5.41, 5.74) is 1.73. The van der Waals surface area contributed by atoms with Gasteiger partial charge in [-0.2, -0.15) is 0 Å². The van der Waals surface area contributed by atoms with Gasteiger partial charge in [0.1, 0.15) is 11.5 Å². The van der Waals surface area contributed by atoms with E-state index < -0.39 is 0 Å². The number of aromatic nitrogens is 1. The molecule has 0 saturated carbocycles. The van der Waals surface area contributed by atoms with Crippen molar-refractivity contribution in [3.63, 3.8) is 0 Å². The number of carbonyl (C=O) groups is 1. The van der Waals surface area contributed by atoms with Crippen LogP contribution in [0.15, 0.2) is 42.6 Å². The molecule has 0 saturated heterocycles. The minimum Gasteiger partial charge on any atom is -0.379 e. The average molecular weight is 315 g/mol. The Morgan fingerprint density at radius 3 is 2.52 bits per heavy atom. The van der Waals surface area contributed by atoms with Crippen LogP contribution in [0.25, 0.3) is 0 Å². The topological polar surface area (TPSA) is 54.0 Å². The molecular formula is C18H22FN3O. The largest absolute Gasteiger partial charge is 0.379 e. The number of rotatable bonds is 5. The molecule has 5 heteroatoms. The number of nitrogens with one attached hydrogen (secondary N) is 2. The molecule has 0 aliphatic heterocycles. The van der Waals surface area contributed by atoms with E-state index in [1.165, 1.54) is 6.07 Å². The molecular weight excluding hydrogens is 293 g/mol. The summed E-state index contributed by atoms with van der Waals surface area (Å²) in [6.07, 6.45) is 2.08. The smallest absolute Gasteiger partial charge is 0.269 e. The Balaban J connectivity index is 1.87. The molecule has 0 spiro atoms. The molecule has 2 rings (SSSR count). The molecule has 4 nitrogen and oxygen atoms in total. The molecule has 2 aromatic rings. The van der Waals surface area contributed by atoms with Crippen molar-refractivity contribution in [1.82, 2.24) is 10.3 Å². The third-order valence-corrected chi connectivity index (χ3v) is 3.15. The second kappa shape index (κ2) is 7.22. The minimum absolute atomic E-state index is 0.0643. The van der Waals surface area contributed by atoms with E-state index in [4.69, 9.17) is 0 Å². The van der Waals surface area contributed by atoms with Crippen molar-refractivity contribution < 1.29 is 9.18 Å². The first kappa shape index (κ1) is 16.9. The molecule has 1 aromatic heterocycles. The quantitative estimate of drug-likeness (QED) is 0.889. The molecule has 0 bridgehead atoms. The molecule has 1 aromatic carbocycles. The summed E-state index contributed by atoms with van der Waals surface area (Å²) in [7, 11) is 0. The van der Waals surface area contributed by atoms with Crippen molar-refractivity contribution in [1.29, 1.82) is 0 Å². The summed E-state index contributed by atoms with van der Waals surface area (Å²) in [6.45, 7) is 6.52. The number of carbonyl (C=O) groups excluding carboxylic acids is 1. The van der Waals surface area contributed by atoms with Crippen LogP contribution in [0.5, 0.6) is 0 Å². The van der Waals surface area contributed by atoms with Crippen LogP contribution in [0.2, 0.25) is 0 Å². The van der Waals surface area contributed by atoms with Gasteiger partial charge >= 0.3 is 0 Å². The lowest BCUT2D eigenvalue weighted by Crippen LogP contribution is -2.28. The van der Waals surface area contributed by atoms with Gasteiger partial charge in [-0.3, -0.25) is 4.79 Å². The predicted octanol–water partition coefficient (Wildman–Crippen LogP) is 3.40. The number of anilines is 1. The molecule has 1 heterocycles. The van der Waals surface area contributed by atoms with E-state index in [-0.39, 0.29) is 17.3 Å². The zero-order chi connectivity index (χ0) is 16.9. The van der Waals surface area contributed by atoms with Crippen molar-refractivity contribution in [3.05, 3.63) is 59.7 Å². The van der Waals surface area contributed by atoms with Gasteiger partial charge in [0.2, 0.25) is 0 Å². The van der Waals surface area contributed by atoms with Gasteiger partial charge in [-0.15, -0.1) is 0 Å². The van der Waals surface area contributed by atoms with E-state index in [1.807, 2.05) is 6.07 Å². The number of benzene rings is 1. The highest BCUT2D eigenvalue weighted by Gasteiger charge is 2.11. The van der Waals surface area contributed by atoms with Crippen LogP contribution in [0.1, 0.15) is 36.8 Å². The number of amides is 1. The van der Waals surface area contributed by atoms with Crippen molar-refractivity contribution in [2.24, 2.45) is 0 Å². The van der Waals surface area contributed by atoms with E-state index in [0.29, 0.717) is 24.2 Å². The van der Waals surface area contributed by atoms with Gasteiger partial charge in [-0.05, 0) is 51.0 Å². The molecule has 0 radical (unpaired) electrons. The maximum atomic E-state index is 13.5. The van der Waals surface area contributed by atoms with Crippen LogP contribution in [0.4, 0.5) is 10.1 Å². The predicted molar refractivity (Wildman–Crippen MR) is 90.0 cm³/mol. The normalized spacial score (nSPS) is 11.1. The SMILES string of the molecule is CC(C)(C)Nc1ccc(C(=O)NCCc2ccccc2F)nc1. The monoisotopic (exact) mass is 315 g/mol. The lowest BCUT2D eigenvalue weighted by molar-refractivity contribution is 0.0949. The van der Waals surface area contributed by atoms with Crippen LogP contribution in [0, 0.1) is 5.82 Å². The fourth-order valence-electron chi connectivity index (χ4n) is 2.14. The highest BCUT2D eigenvalue weighted by Crippen LogP contribution is 2.13. The Kier molecular flexibility index (Phi) is 5.32. The summed E-state index contributed by atoms with van der Waals surface area (Å²) in [4.78, 5) is 16.2. The van der Waals surface area contributed by atoms with Crippen LogP contribution < -0.4 is 10.6 Å². The van der Waals surface area contributed by atoms with E-state index >= 15 is 0 Å². The highest BCUT2D eigenvalue weighted by atomic mass is 19.1. The first-order valence-electron chi connectivity index (χ1n) is 7.61. The molecule has 0 atom stereocenters. The Hall–Kier alpha value is -2.43. The van der Waals surface area contributed by atoms with Gasteiger partial charge in [0.05, 0.1) is 11.9 Å². The van der Waals surface area contributed by atoms with Gasteiger partial charge < -0.3 is 10.6 Å². The molecule has 122 valence electrons. The lowest BCUT2D eigenvalue weighted by Gasteiger charge is -2.21. The molecule has 0 aliphatic carbocycles. The maximum absolute atomic E-state index is 13.5. The number of halogens is 1. The number of hydrogen-bond donors (Lipinski definition) is 2. The lowest BCUT2D eigenvalue weighted by atomic mass is 10.1. The standard InChI is InChI=1S/C18H22FN3O/c1-18(2,3)22-14-8-9-16(21-12-14)17(23)20-11-10-13-6-4-5-7-15(13)19/h4-9,12,22H,10-11H2,1-3H3,(H,20,23). The van der Waals surface area contributed by atoms with Crippen molar-refractivity contribution in [2.45, 2.75) is 32.7 Å². The molecule has 1 amide bonds. The number of hydrogen-bond acceptors (Lipinski definition) is 3. The zero-order valence-corrected chi connectivity index (χ0v) is 13.7. The average Bonchev–Trinajstić information content (AvgIpc) is 2.48.